The molecule has 6 aromatic carbocycles. The first kappa shape index (κ1) is 41.4. The number of hydrogen-bond acceptors (Lipinski definition) is 9. The van der Waals surface area contributed by atoms with E-state index in [1.807, 2.05) is 182 Å². The van der Waals surface area contributed by atoms with Gasteiger partial charge in [0.2, 0.25) is 0 Å². The molecule has 0 radical (unpaired) electrons. The topological polar surface area (TPSA) is 102 Å². The molecule has 6 atom stereocenters. The molecule has 9 nitrogen and oxygen atoms in total. The maximum Gasteiger partial charge on any atom is 0.475 e. The van der Waals surface area contributed by atoms with E-state index in [1.54, 1.807) is 0 Å². The van der Waals surface area contributed by atoms with Gasteiger partial charge in [-0.05, 0) is 33.4 Å². The van der Waals surface area contributed by atoms with Crippen molar-refractivity contribution in [3.8, 4) is 0 Å². The van der Waals surface area contributed by atoms with Gasteiger partial charge >= 0.3 is 7.82 Å². The summed E-state index contributed by atoms with van der Waals surface area (Å²) < 4.78 is 61.0. The number of benzene rings is 6. The first-order chi connectivity index (χ1) is 28.5. The minimum atomic E-state index is -4.46. The van der Waals surface area contributed by atoms with Crippen LogP contribution in [0.2, 0.25) is 0 Å². The lowest BCUT2D eigenvalue weighted by atomic mass is 9.84. The van der Waals surface area contributed by atoms with E-state index in [-0.39, 0.29) is 39.6 Å². The molecule has 0 saturated heterocycles. The molecule has 0 amide bonds. The van der Waals surface area contributed by atoms with E-state index in [9.17, 15) is 5.11 Å². The molecule has 300 valence electrons. The number of aliphatic hydroxyl groups is 1. The van der Waals surface area contributed by atoms with Crippen LogP contribution < -0.4 is 0 Å². The van der Waals surface area contributed by atoms with E-state index in [0.717, 1.165) is 33.4 Å². The van der Waals surface area contributed by atoms with Crippen LogP contribution >= 0.6 is 7.82 Å². The van der Waals surface area contributed by atoms with Gasteiger partial charge in [-0.3, -0.25) is 13.6 Å². The molecule has 1 saturated carbocycles. The standard InChI is InChI=1S/C48H49O9P/c49-43-44(51-31-37-19-7-1-8-20-37)46(53-33-39-23-11-3-12-24-39)48(47(54-34-40-25-13-4-14-26-40)45(43)52-32-38-21-9-2-10-22-38)57-58(50,55-35-41-27-15-5-16-28-41)56-36-42-29-17-6-18-30-42/h1-30,43-49H,31-36H2/t43?,44-,45-,46-,47+,48?/m0/s1. The average Bonchev–Trinajstić information content (AvgIpc) is 3.28. The predicted molar refractivity (Wildman–Crippen MR) is 221 cm³/mol. The average molecular weight is 801 g/mol. The summed E-state index contributed by atoms with van der Waals surface area (Å²) in [5.41, 5.74) is 5.09. The van der Waals surface area contributed by atoms with Crippen LogP contribution in [0.25, 0.3) is 0 Å². The van der Waals surface area contributed by atoms with E-state index < -0.39 is 44.4 Å². The molecular weight excluding hydrogens is 751 g/mol. The molecular formula is C48H49O9P. The summed E-state index contributed by atoms with van der Waals surface area (Å²) in [4.78, 5) is 0. The van der Waals surface area contributed by atoms with Crippen LogP contribution in [0.15, 0.2) is 182 Å². The third kappa shape index (κ3) is 11.9. The highest BCUT2D eigenvalue weighted by Crippen LogP contribution is 2.54. The van der Waals surface area contributed by atoms with Gasteiger partial charge in [-0.15, -0.1) is 0 Å². The lowest BCUT2D eigenvalue weighted by molar-refractivity contribution is -0.270. The third-order valence-electron chi connectivity index (χ3n) is 9.82. The fraction of sp³-hybridized carbons (Fsp3) is 0.250. The van der Waals surface area contributed by atoms with Crippen LogP contribution in [0.4, 0.5) is 0 Å². The Morgan fingerprint density at radius 2 is 0.586 bits per heavy atom. The summed E-state index contributed by atoms with van der Waals surface area (Å²) in [5, 5.41) is 12.4. The monoisotopic (exact) mass is 800 g/mol. The summed E-state index contributed by atoms with van der Waals surface area (Å²) in [6, 6.07) is 57.5. The van der Waals surface area contributed by atoms with Gasteiger partial charge in [-0.1, -0.05) is 182 Å². The predicted octanol–water partition coefficient (Wildman–Crippen LogP) is 9.63. The molecule has 6 aromatic rings. The van der Waals surface area contributed by atoms with Crippen molar-refractivity contribution in [3.63, 3.8) is 0 Å². The number of phosphoric acid groups is 1. The summed E-state index contributed by atoms with van der Waals surface area (Å²) in [6.45, 7) is 0.432. The SMILES string of the molecule is O=P(OCc1ccccc1)(OCc1ccccc1)OC1[C@@H](OCc2ccccc2)[C@@H](OCc2ccccc2)C(O)[C@H](OCc2ccccc2)[C@H]1OCc1ccccc1. The first-order valence-corrected chi connectivity index (χ1v) is 20.9. The van der Waals surface area contributed by atoms with Crippen LogP contribution in [0, 0.1) is 0 Å². The Hall–Kier alpha value is -4.77. The van der Waals surface area contributed by atoms with Gasteiger partial charge in [0, 0.05) is 0 Å². The molecule has 0 heterocycles. The lowest BCUT2D eigenvalue weighted by Crippen LogP contribution is -2.66. The van der Waals surface area contributed by atoms with Crippen molar-refractivity contribution >= 4 is 7.82 Å². The van der Waals surface area contributed by atoms with Crippen LogP contribution in [0.1, 0.15) is 33.4 Å². The molecule has 0 aliphatic heterocycles. The molecule has 1 aliphatic carbocycles. The van der Waals surface area contributed by atoms with Gasteiger partial charge < -0.3 is 24.1 Å². The Morgan fingerprint density at radius 3 is 0.862 bits per heavy atom. The third-order valence-corrected chi connectivity index (χ3v) is 11.2. The van der Waals surface area contributed by atoms with E-state index in [2.05, 4.69) is 0 Å². The Balaban J connectivity index is 1.29. The molecule has 0 bridgehead atoms. The second kappa shape index (κ2) is 21.3. The fourth-order valence-electron chi connectivity index (χ4n) is 6.79. The van der Waals surface area contributed by atoms with E-state index >= 15 is 4.57 Å². The number of ether oxygens (including phenoxy) is 4. The Bertz CT molecular complexity index is 1950. The molecule has 0 aromatic heterocycles. The Kier molecular flexibility index (Phi) is 15.2. The summed E-state index contributed by atoms with van der Waals surface area (Å²) in [6.07, 6.45) is -6.65. The van der Waals surface area contributed by atoms with Gasteiger partial charge in [-0.2, -0.15) is 0 Å². The fourth-order valence-corrected chi connectivity index (χ4v) is 8.14. The molecule has 0 spiro atoms. The summed E-state index contributed by atoms with van der Waals surface area (Å²) in [7, 11) is -4.46. The molecule has 7 rings (SSSR count). The van der Waals surface area contributed by atoms with Crippen molar-refractivity contribution in [2.75, 3.05) is 0 Å². The number of rotatable bonds is 20. The number of hydrogen-bond donors (Lipinski definition) is 1. The molecule has 1 N–H and O–H groups in total. The minimum absolute atomic E-state index is 0.0603. The van der Waals surface area contributed by atoms with Gasteiger partial charge in [0.15, 0.2) is 0 Å². The zero-order valence-corrected chi connectivity index (χ0v) is 33.1. The summed E-state index contributed by atoms with van der Waals surface area (Å²) >= 11 is 0. The largest absolute Gasteiger partial charge is 0.475 e. The molecule has 1 fully saturated rings. The highest BCUT2D eigenvalue weighted by atomic mass is 31.2. The highest BCUT2D eigenvalue weighted by Gasteiger charge is 2.56. The van der Waals surface area contributed by atoms with Gasteiger partial charge in [-0.25, -0.2) is 4.57 Å². The highest BCUT2D eigenvalue weighted by molar-refractivity contribution is 7.48. The molecule has 58 heavy (non-hydrogen) atoms. The van der Waals surface area contributed by atoms with Crippen LogP contribution in [-0.4, -0.2) is 41.7 Å². The van der Waals surface area contributed by atoms with Gasteiger partial charge in [0.05, 0.1) is 39.6 Å². The molecule has 1 aliphatic rings. The van der Waals surface area contributed by atoms with E-state index in [0.29, 0.717) is 0 Å². The van der Waals surface area contributed by atoms with Crippen LogP contribution in [0.3, 0.4) is 0 Å². The van der Waals surface area contributed by atoms with Crippen molar-refractivity contribution in [1.29, 1.82) is 0 Å². The van der Waals surface area contributed by atoms with Gasteiger partial charge in [0.25, 0.3) is 0 Å². The number of aliphatic hydroxyl groups excluding tert-OH is 1. The zero-order chi connectivity index (χ0) is 39.8. The van der Waals surface area contributed by atoms with Crippen LogP contribution in [0.5, 0.6) is 0 Å². The normalized spacial score (nSPS) is 20.8. The maximum atomic E-state index is 15.2. The lowest BCUT2D eigenvalue weighted by Gasteiger charge is -2.48. The van der Waals surface area contributed by atoms with E-state index in [4.69, 9.17) is 32.5 Å². The Labute approximate surface area is 340 Å². The molecule has 10 heteroatoms. The van der Waals surface area contributed by atoms with Crippen molar-refractivity contribution in [3.05, 3.63) is 215 Å². The number of phosphoric ester groups is 1. The Morgan fingerprint density at radius 1 is 0.345 bits per heavy atom. The van der Waals surface area contributed by atoms with Crippen molar-refractivity contribution in [2.45, 2.75) is 76.3 Å². The van der Waals surface area contributed by atoms with Gasteiger partial charge in [0.1, 0.15) is 36.6 Å². The van der Waals surface area contributed by atoms with Crippen molar-refractivity contribution in [1.82, 2.24) is 0 Å². The maximum absolute atomic E-state index is 15.2. The minimum Gasteiger partial charge on any atom is -0.387 e. The van der Waals surface area contributed by atoms with Crippen LogP contribution in [-0.2, 0) is 76.7 Å². The quantitative estimate of drug-likeness (QED) is 0.0757. The second-order valence-corrected chi connectivity index (χ2v) is 15.7. The van der Waals surface area contributed by atoms with E-state index in [1.165, 1.54) is 0 Å². The zero-order valence-electron chi connectivity index (χ0n) is 32.2. The molecule has 2 unspecified atom stereocenters. The van der Waals surface area contributed by atoms with Crippen molar-refractivity contribution < 1.29 is 42.2 Å². The first-order valence-electron chi connectivity index (χ1n) is 19.5. The summed E-state index contributed by atoms with van der Waals surface area (Å²) in [5.74, 6) is 0. The second-order valence-electron chi connectivity index (χ2n) is 14.1. The van der Waals surface area contributed by atoms with Crippen molar-refractivity contribution in [2.24, 2.45) is 0 Å². The smallest absolute Gasteiger partial charge is 0.387 e.